The first-order chi connectivity index (χ1) is 9.16. The molecule has 0 spiro atoms. The van der Waals surface area contributed by atoms with Gasteiger partial charge in [0.05, 0.1) is 28.1 Å². The molecule has 0 saturated carbocycles. The number of ketones is 1. The maximum atomic E-state index is 11.7. The lowest BCUT2D eigenvalue weighted by Gasteiger charge is -2.12. The lowest BCUT2D eigenvalue weighted by atomic mass is 9.97. The molecule has 1 aliphatic rings. The number of rotatable bonds is 2. The minimum Gasteiger partial charge on any atom is -0.294 e. The Balaban J connectivity index is 2.10. The van der Waals surface area contributed by atoms with E-state index < -0.39 is 4.92 Å². The second-order valence-corrected chi connectivity index (χ2v) is 4.47. The summed E-state index contributed by atoms with van der Waals surface area (Å²) in [7, 11) is 0. The van der Waals surface area contributed by atoms with Gasteiger partial charge in [0.15, 0.2) is 5.78 Å². The molecule has 0 aliphatic heterocycles. The zero-order valence-corrected chi connectivity index (χ0v) is 10.1. The lowest BCUT2D eigenvalue weighted by Crippen LogP contribution is -2.12. The van der Waals surface area contributed by atoms with Gasteiger partial charge in [-0.25, -0.2) is 4.68 Å². The van der Waals surface area contributed by atoms with E-state index in [0.717, 1.165) is 18.5 Å². The van der Waals surface area contributed by atoms with Crippen LogP contribution >= 0.6 is 0 Å². The Bertz CT molecular complexity index is 676. The Morgan fingerprint density at radius 3 is 2.95 bits per heavy atom. The number of carbonyl (C=O) groups excluding carboxylic acids is 1. The van der Waals surface area contributed by atoms with Crippen molar-refractivity contribution in [3.05, 3.63) is 51.8 Å². The Hall–Kier alpha value is -2.50. The highest BCUT2D eigenvalue weighted by Gasteiger charge is 2.22. The van der Waals surface area contributed by atoms with Crippen LogP contribution in [-0.2, 0) is 6.42 Å². The summed E-state index contributed by atoms with van der Waals surface area (Å²) in [5, 5.41) is 15.0. The molecule has 19 heavy (non-hydrogen) atoms. The molecule has 3 rings (SSSR count). The molecule has 0 fully saturated rings. The number of hydrogen-bond donors (Lipinski definition) is 0. The molecule has 0 saturated heterocycles. The molecular formula is C13H11N3O3. The average molecular weight is 257 g/mol. The highest BCUT2D eigenvalue weighted by molar-refractivity contribution is 5.98. The molecule has 1 aliphatic carbocycles. The first-order valence-corrected chi connectivity index (χ1v) is 6.02. The van der Waals surface area contributed by atoms with Gasteiger partial charge in [0.2, 0.25) is 0 Å². The topological polar surface area (TPSA) is 78.0 Å². The third-order valence-corrected chi connectivity index (χ3v) is 3.27. The van der Waals surface area contributed by atoms with Crippen molar-refractivity contribution in [1.29, 1.82) is 0 Å². The van der Waals surface area contributed by atoms with Crippen LogP contribution in [0.2, 0.25) is 0 Å². The van der Waals surface area contributed by atoms with E-state index in [4.69, 9.17) is 0 Å². The molecule has 0 bridgehead atoms. The second-order valence-electron chi connectivity index (χ2n) is 4.47. The molecule has 0 N–H and O–H groups in total. The summed E-state index contributed by atoms with van der Waals surface area (Å²) < 4.78 is 1.62. The minimum atomic E-state index is -0.440. The Morgan fingerprint density at radius 1 is 1.32 bits per heavy atom. The standard InChI is InChI=1S/C13H11N3O3/c17-13-6-2-5-12-11(13)8-14-15(12)9-3-1-4-10(7-9)16(18)19/h1,3-4,7-8H,2,5-6H2. The zero-order chi connectivity index (χ0) is 13.4. The van der Waals surface area contributed by atoms with Crippen LogP contribution in [-0.4, -0.2) is 20.5 Å². The van der Waals surface area contributed by atoms with Crippen LogP contribution in [0, 0.1) is 10.1 Å². The van der Waals surface area contributed by atoms with Gasteiger partial charge < -0.3 is 0 Å². The first-order valence-electron chi connectivity index (χ1n) is 6.02. The highest BCUT2D eigenvalue weighted by atomic mass is 16.6. The second kappa shape index (κ2) is 4.31. The van der Waals surface area contributed by atoms with Gasteiger partial charge in [0.25, 0.3) is 5.69 Å². The Kier molecular flexibility index (Phi) is 2.63. The molecule has 2 aromatic rings. The lowest BCUT2D eigenvalue weighted by molar-refractivity contribution is -0.384. The summed E-state index contributed by atoms with van der Waals surface area (Å²) in [6, 6.07) is 6.27. The van der Waals surface area contributed by atoms with E-state index in [9.17, 15) is 14.9 Å². The summed E-state index contributed by atoms with van der Waals surface area (Å²) in [4.78, 5) is 22.1. The van der Waals surface area contributed by atoms with Crippen LogP contribution in [0.4, 0.5) is 5.69 Å². The van der Waals surface area contributed by atoms with Gasteiger partial charge in [-0.05, 0) is 18.9 Å². The van der Waals surface area contributed by atoms with Crippen LogP contribution in [0.25, 0.3) is 5.69 Å². The van der Waals surface area contributed by atoms with Gasteiger partial charge >= 0.3 is 0 Å². The van der Waals surface area contributed by atoms with Crippen LogP contribution in [0.5, 0.6) is 0 Å². The van der Waals surface area contributed by atoms with E-state index in [-0.39, 0.29) is 11.5 Å². The summed E-state index contributed by atoms with van der Waals surface area (Å²) in [5.74, 6) is 0.0953. The normalized spacial score (nSPS) is 14.2. The van der Waals surface area contributed by atoms with Gasteiger partial charge in [-0.15, -0.1) is 0 Å². The molecule has 0 amide bonds. The van der Waals surface area contributed by atoms with Gasteiger partial charge in [-0.1, -0.05) is 6.07 Å². The van der Waals surface area contributed by atoms with E-state index in [1.807, 2.05) is 0 Å². The number of carbonyl (C=O) groups is 1. The van der Waals surface area contributed by atoms with Crippen molar-refractivity contribution in [2.75, 3.05) is 0 Å². The maximum Gasteiger partial charge on any atom is 0.271 e. The fourth-order valence-electron chi connectivity index (χ4n) is 2.36. The van der Waals surface area contributed by atoms with Crippen molar-refractivity contribution in [3.8, 4) is 5.69 Å². The molecular weight excluding hydrogens is 246 g/mol. The fourth-order valence-corrected chi connectivity index (χ4v) is 2.36. The van der Waals surface area contributed by atoms with E-state index >= 15 is 0 Å². The minimum absolute atomic E-state index is 0.0175. The first kappa shape index (κ1) is 11.6. The number of hydrogen-bond acceptors (Lipinski definition) is 4. The number of nitrogens with zero attached hydrogens (tertiary/aromatic N) is 3. The van der Waals surface area contributed by atoms with Crippen molar-refractivity contribution in [1.82, 2.24) is 9.78 Å². The summed E-state index contributed by atoms with van der Waals surface area (Å²) in [6.45, 7) is 0. The number of benzene rings is 1. The predicted octanol–water partition coefficient (Wildman–Crippen LogP) is 2.30. The molecule has 1 aromatic carbocycles. The molecule has 0 radical (unpaired) electrons. The molecule has 1 heterocycles. The van der Waals surface area contributed by atoms with Crippen LogP contribution in [0.3, 0.4) is 0 Å². The van der Waals surface area contributed by atoms with Crippen LogP contribution in [0.15, 0.2) is 30.5 Å². The zero-order valence-electron chi connectivity index (χ0n) is 10.1. The van der Waals surface area contributed by atoms with E-state index in [1.54, 1.807) is 23.0 Å². The number of fused-ring (bicyclic) bond motifs is 1. The van der Waals surface area contributed by atoms with Crippen molar-refractivity contribution in [2.24, 2.45) is 0 Å². The molecule has 6 nitrogen and oxygen atoms in total. The highest BCUT2D eigenvalue weighted by Crippen LogP contribution is 2.25. The van der Waals surface area contributed by atoms with Crippen molar-refractivity contribution in [3.63, 3.8) is 0 Å². The third kappa shape index (κ3) is 1.91. The van der Waals surface area contributed by atoms with E-state index in [2.05, 4.69) is 5.10 Å². The number of Topliss-reactive ketones (excluding diaryl/α,β-unsaturated/α-hetero) is 1. The largest absolute Gasteiger partial charge is 0.294 e. The number of aromatic nitrogens is 2. The van der Waals surface area contributed by atoms with Crippen LogP contribution in [0.1, 0.15) is 28.9 Å². The Morgan fingerprint density at radius 2 is 2.16 bits per heavy atom. The van der Waals surface area contributed by atoms with E-state index in [0.29, 0.717) is 17.7 Å². The summed E-state index contributed by atoms with van der Waals surface area (Å²) >= 11 is 0. The quantitative estimate of drug-likeness (QED) is 0.610. The van der Waals surface area contributed by atoms with E-state index in [1.165, 1.54) is 12.1 Å². The van der Waals surface area contributed by atoms with Gasteiger partial charge in [-0.2, -0.15) is 5.10 Å². The summed E-state index contributed by atoms with van der Waals surface area (Å²) in [5.41, 5.74) is 2.11. The predicted molar refractivity (Wildman–Crippen MR) is 67.5 cm³/mol. The smallest absolute Gasteiger partial charge is 0.271 e. The monoisotopic (exact) mass is 257 g/mol. The van der Waals surface area contributed by atoms with Crippen LogP contribution < -0.4 is 0 Å². The number of nitro groups is 1. The third-order valence-electron chi connectivity index (χ3n) is 3.27. The van der Waals surface area contributed by atoms with Crippen molar-refractivity contribution < 1.29 is 9.72 Å². The van der Waals surface area contributed by atoms with Gasteiger partial charge in [0.1, 0.15) is 0 Å². The molecule has 0 atom stereocenters. The van der Waals surface area contributed by atoms with Gasteiger partial charge in [-0.3, -0.25) is 14.9 Å². The molecule has 1 aromatic heterocycles. The molecule has 96 valence electrons. The average Bonchev–Trinajstić information content (AvgIpc) is 2.84. The molecule has 6 heteroatoms. The van der Waals surface area contributed by atoms with Gasteiger partial charge in [0, 0.05) is 18.6 Å². The fraction of sp³-hybridized carbons (Fsp3) is 0.231. The summed E-state index contributed by atoms with van der Waals surface area (Å²) in [6.07, 6.45) is 3.67. The molecule has 0 unspecified atom stereocenters. The number of nitro benzene ring substituents is 1. The van der Waals surface area contributed by atoms with Crippen molar-refractivity contribution >= 4 is 11.5 Å². The SMILES string of the molecule is O=C1CCCc2c1cnn2-c1cccc([N+](=O)[O-])c1. The van der Waals surface area contributed by atoms with Crippen molar-refractivity contribution in [2.45, 2.75) is 19.3 Å². The number of non-ortho nitro benzene ring substituents is 1. The maximum absolute atomic E-state index is 11.7. The Labute approximate surface area is 108 Å².